The van der Waals surface area contributed by atoms with Gasteiger partial charge in [-0.05, 0) is 42.0 Å². The molecule has 0 saturated carbocycles. The lowest BCUT2D eigenvalue weighted by atomic mass is 10.1. The van der Waals surface area contributed by atoms with Crippen LogP contribution in [-0.4, -0.2) is 33.8 Å². The quantitative estimate of drug-likeness (QED) is 0.790. The van der Waals surface area contributed by atoms with E-state index < -0.39 is 10.0 Å². The van der Waals surface area contributed by atoms with E-state index in [0.717, 1.165) is 12.7 Å². The Morgan fingerprint density at radius 3 is 2.48 bits per heavy atom. The van der Waals surface area contributed by atoms with Gasteiger partial charge in [-0.2, -0.15) is 0 Å². The SMILES string of the molecule is CS(=O)(=O)Nc1ccc(NC(=O)Cc2cc(Cl)c3c(c2)OCCCO3)cc1. The Balaban J connectivity index is 1.66. The molecular formula is C18H19ClN2O5S. The van der Waals surface area contributed by atoms with Crippen LogP contribution >= 0.6 is 11.6 Å². The molecule has 0 fully saturated rings. The fourth-order valence-corrected chi connectivity index (χ4v) is 3.46. The summed E-state index contributed by atoms with van der Waals surface area (Å²) < 4.78 is 36.0. The molecule has 0 unspecified atom stereocenters. The first-order chi connectivity index (χ1) is 12.8. The molecule has 0 atom stereocenters. The van der Waals surface area contributed by atoms with Crippen molar-refractivity contribution in [2.45, 2.75) is 12.8 Å². The van der Waals surface area contributed by atoms with Crippen molar-refractivity contribution in [3.8, 4) is 11.5 Å². The maximum Gasteiger partial charge on any atom is 0.229 e. The van der Waals surface area contributed by atoms with Crippen molar-refractivity contribution < 1.29 is 22.7 Å². The van der Waals surface area contributed by atoms with Crippen molar-refractivity contribution in [1.29, 1.82) is 0 Å². The number of carbonyl (C=O) groups is 1. The minimum Gasteiger partial charge on any atom is -0.489 e. The molecule has 1 heterocycles. The third kappa shape index (κ3) is 5.51. The lowest BCUT2D eigenvalue weighted by Gasteiger charge is -2.12. The van der Waals surface area contributed by atoms with Crippen LogP contribution in [0.25, 0.3) is 0 Å². The van der Waals surface area contributed by atoms with Gasteiger partial charge in [0.2, 0.25) is 15.9 Å². The number of amides is 1. The summed E-state index contributed by atoms with van der Waals surface area (Å²) in [5.74, 6) is 0.815. The average molecular weight is 411 g/mol. The third-order valence-corrected chi connectivity index (χ3v) is 4.59. The second-order valence-corrected chi connectivity index (χ2v) is 8.29. The predicted octanol–water partition coefficient (Wildman–Crippen LogP) is 3.05. The highest BCUT2D eigenvalue weighted by molar-refractivity contribution is 7.92. The van der Waals surface area contributed by atoms with Crippen molar-refractivity contribution in [3.63, 3.8) is 0 Å². The summed E-state index contributed by atoms with van der Waals surface area (Å²) in [5, 5.41) is 3.17. The number of rotatable bonds is 5. The number of ether oxygens (including phenoxy) is 2. The van der Waals surface area contributed by atoms with Gasteiger partial charge in [-0.25, -0.2) is 8.42 Å². The Hall–Kier alpha value is -2.45. The highest BCUT2D eigenvalue weighted by atomic mass is 35.5. The largest absolute Gasteiger partial charge is 0.489 e. The Kier molecular flexibility index (Phi) is 5.76. The van der Waals surface area contributed by atoms with E-state index in [9.17, 15) is 13.2 Å². The molecule has 0 aromatic heterocycles. The lowest BCUT2D eigenvalue weighted by molar-refractivity contribution is -0.115. The predicted molar refractivity (Wildman–Crippen MR) is 104 cm³/mol. The zero-order valence-corrected chi connectivity index (χ0v) is 16.2. The molecule has 2 N–H and O–H groups in total. The van der Waals surface area contributed by atoms with E-state index in [-0.39, 0.29) is 12.3 Å². The summed E-state index contributed by atoms with van der Waals surface area (Å²) in [5.41, 5.74) is 1.68. The molecule has 2 aromatic rings. The van der Waals surface area contributed by atoms with Crippen molar-refractivity contribution in [2.75, 3.05) is 29.5 Å². The Bertz CT molecular complexity index is 945. The number of halogens is 1. The molecule has 144 valence electrons. The number of benzene rings is 2. The highest BCUT2D eigenvalue weighted by Gasteiger charge is 2.17. The van der Waals surface area contributed by atoms with E-state index in [1.165, 1.54) is 0 Å². The molecule has 0 bridgehead atoms. The van der Waals surface area contributed by atoms with Crippen LogP contribution in [0.5, 0.6) is 11.5 Å². The van der Waals surface area contributed by atoms with Gasteiger partial charge in [0.1, 0.15) is 0 Å². The monoisotopic (exact) mass is 410 g/mol. The molecule has 0 saturated heterocycles. The van der Waals surface area contributed by atoms with E-state index in [2.05, 4.69) is 10.0 Å². The van der Waals surface area contributed by atoms with Crippen LogP contribution in [0.15, 0.2) is 36.4 Å². The molecule has 27 heavy (non-hydrogen) atoms. The molecule has 0 radical (unpaired) electrons. The summed E-state index contributed by atoms with van der Waals surface area (Å²) in [6, 6.07) is 9.82. The Labute approximate surface area is 162 Å². The standard InChI is InChI=1S/C18H19ClN2O5S/c1-27(23,24)21-14-5-3-13(4-6-14)20-17(22)11-12-9-15(19)18-16(10-12)25-7-2-8-26-18/h3-6,9-10,21H,2,7-8,11H2,1H3,(H,20,22). The summed E-state index contributed by atoms with van der Waals surface area (Å²) in [6.07, 6.45) is 1.95. The van der Waals surface area contributed by atoms with Crippen LogP contribution in [0.1, 0.15) is 12.0 Å². The molecule has 3 rings (SSSR count). The second-order valence-electron chi connectivity index (χ2n) is 6.13. The molecule has 1 aliphatic rings. The van der Waals surface area contributed by atoms with Gasteiger partial charge in [0, 0.05) is 17.8 Å². The minimum absolute atomic E-state index is 0.111. The van der Waals surface area contributed by atoms with E-state index in [0.29, 0.717) is 46.7 Å². The molecule has 9 heteroatoms. The zero-order chi connectivity index (χ0) is 19.4. The molecule has 1 amide bonds. The van der Waals surface area contributed by atoms with Crippen LogP contribution in [0.4, 0.5) is 11.4 Å². The summed E-state index contributed by atoms with van der Waals surface area (Å²) in [4.78, 5) is 12.3. The third-order valence-electron chi connectivity index (χ3n) is 3.70. The van der Waals surface area contributed by atoms with Gasteiger partial charge in [0.15, 0.2) is 11.5 Å². The van der Waals surface area contributed by atoms with E-state index >= 15 is 0 Å². The second kappa shape index (κ2) is 8.06. The molecule has 7 nitrogen and oxygen atoms in total. The number of carbonyl (C=O) groups excluding carboxylic acids is 1. The fraction of sp³-hybridized carbons (Fsp3) is 0.278. The number of nitrogens with one attached hydrogen (secondary N) is 2. The van der Waals surface area contributed by atoms with Crippen molar-refractivity contribution >= 4 is 38.9 Å². The highest BCUT2D eigenvalue weighted by Crippen LogP contribution is 2.38. The maximum atomic E-state index is 12.3. The van der Waals surface area contributed by atoms with E-state index in [1.807, 2.05) is 0 Å². The summed E-state index contributed by atoms with van der Waals surface area (Å²) >= 11 is 6.24. The molecular weight excluding hydrogens is 392 g/mol. The first-order valence-electron chi connectivity index (χ1n) is 8.26. The van der Waals surface area contributed by atoms with Gasteiger partial charge >= 0.3 is 0 Å². The van der Waals surface area contributed by atoms with Gasteiger partial charge in [-0.3, -0.25) is 9.52 Å². The van der Waals surface area contributed by atoms with Crippen LogP contribution in [0, 0.1) is 0 Å². The van der Waals surface area contributed by atoms with Crippen LogP contribution in [0.2, 0.25) is 5.02 Å². The lowest BCUT2D eigenvalue weighted by Crippen LogP contribution is -2.15. The first-order valence-corrected chi connectivity index (χ1v) is 10.5. The number of fused-ring (bicyclic) bond motifs is 1. The smallest absolute Gasteiger partial charge is 0.229 e. The minimum atomic E-state index is -3.34. The molecule has 2 aromatic carbocycles. The number of sulfonamides is 1. The van der Waals surface area contributed by atoms with Crippen LogP contribution < -0.4 is 19.5 Å². The van der Waals surface area contributed by atoms with Crippen LogP contribution in [-0.2, 0) is 21.2 Å². The van der Waals surface area contributed by atoms with Crippen molar-refractivity contribution in [2.24, 2.45) is 0 Å². The van der Waals surface area contributed by atoms with Gasteiger partial charge in [-0.1, -0.05) is 11.6 Å². The van der Waals surface area contributed by atoms with Crippen LogP contribution in [0.3, 0.4) is 0 Å². The average Bonchev–Trinajstić information content (AvgIpc) is 2.81. The van der Waals surface area contributed by atoms with Gasteiger partial charge in [0.05, 0.1) is 30.9 Å². The zero-order valence-electron chi connectivity index (χ0n) is 14.6. The number of hydrogen-bond donors (Lipinski definition) is 2. The fourth-order valence-electron chi connectivity index (χ4n) is 2.61. The Morgan fingerprint density at radius 2 is 1.78 bits per heavy atom. The molecule has 1 aliphatic heterocycles. The Morgan fingerprint density at radius 1 is 1.11 bits per heavy atom. The van der Waals surface area contributed by atoms with E-state index in [1.54, 1.807) is 36.4 Å². The van der Waals surface area contributed by atoms with Crippen molar-refractivity contribution in [1.82, 2.24) is 0 Å². The van der Waals surface area contributed by atoms with Crippen molar-refractivity contribution in [3.05, 3.63) is 47.0 Å². The van der Waals surface area contributed by atoms with Gasteiger partial charge in [-0.15, -0.1) is 0 Å². The molecule has 0 spiro atoms. The summed E-state index contributed by atoms with van der Waals surface area (Å²) in [7, 11) is -3.34. The first kappa shape index (κ1) is 19.3. The normalized spacial score (nSPS) is 13.6. The van der Waals surface area contributed by atoms with Gasteiger partial charge in [0.25, 0.3) is 0 Å². The summed E-state index contributed by atoms with van der Waals surface area (Å²) in [6.45, 7) is 1.07. The molecule has 0 aliphatic carbocycles. The number of anilines is 2. The maximum absolute atomic E-state index is 12.3. The van der Waals surface area contributed by atoms with E-state index in [4.69, 9.17) is 21.1 Å². The topological polar surface area (TPSA) is 93.7 Å². The van der Waals surface area contributed by atoms with Gasteiger partial charge < -0.3 is 14.8 Å². The number of hydrogen-bond acceptors (Lipinski definition) is 5.